The Labute approximate surface area is 114 Å². The number of hydrogen-bond donors (Lipinski definition) is 2. The van der Waals surface area contributed by atoms with Crippen LogP contribution in [0.25, 0.3) is 11.0 Å². The van der Waals surface area contributed by atoms with Crippen molar-refractivity contribution in [2.24, 2.45) is 17.7 Å². The molecule has 3 heteroatoms. The Balaban J connectivity index is 1.92. The van der Waals surface area contributed by atoms with Gasteiger partial charge < -0.3 is 4.42 Å². The quantitative estimate of drug-likeness (QED) is 0.652. The third kappa shape index (κ3) is 2.40. The third-order valence-corrected chi connectivity index (χ3v) is 4.38. The number of fused-ring (bicyclic) bond motifs is 1. The third-order valence-electron chi connectivity index (χ3n) is 4.38. The minimum atomic E-state index is 0.137. The van der Waals surface area contributed by atoms with E-state index in [0.29, 0.717) is 5.92 Å². The number of hydrogen-bond acceptors (Lipinski definition) is 3. The van der Waals surface area contributed by atoms with Gasteiger partial charge in [0.2, 0.25) is 0 Å². The first kappa shape index (κ1) is 12.7. The number of hydrazine groups is 1. The maximum Gasteiger partial charge on any atom is 0.134 e. The van der Waals surface area contributed by atoms with Crippen molar-refractivity contribution in [1.29, 1.82) is 0 Å². The molecule has 3 nitrogen and oxygen atoms in total. The molecule has 0 bridgehead atoms. The molecule has 0 spiro atoms. The highest BCUT2D eigenvalue weighted by Gasteiger charge is 2.31. The second-order valence-corrected chi connectivity index (χ2v) is 6.01. The highest BCUT2D eigenvalue weighted by Crippen LogP contribution is 2.39. The van der Waals surface area contributed by atoms with Crippen LogP contribution in [0.3, 0.4) is 0 Å². The zero-order valence-electron chi connectivity index (χ0n) is 11.6. The molecule has 2 aromatic rings. The maximum absolute atomic E-state index is 5.98. The van der Waals surface area contributed by atoms with E-state index in [0.717, 1.165) is 17.3 Å². The Kier molecular flexibility index (Phi) is 3.33. The predicted octanol–water partition coefficient (Wildman–Crippen LogP) is 3.68. The molecule has 1 aliphatic carbocycles. The van der Waals surface area contributed by atoms with E-state index in [-0.39, 0.29) is 6.04 Å². The smallest absolute Gasteiger partial charge is 0.134 e. The number of furan rings is 1. The van der Waals surface area contributed by atoms with Gasteiger partial charge in [-0.2, -0.15) is 0 Å². The van der Waals surface area contributed by atoms with Crippen LogP contribution in [0, 0.1) is 18.8 Å². The molecular weight excluding hydrogens is 236 g/mol. The van der Waals surface area contributed by atoms with Crippen LogP contribution >= 0.6 is 0 Å². The minimum Gasteiger partial charge on any atom is -0.459 e. The van der Waals surface area contributed by atoms with E-state index in [1.165, 1.54) is 30.2 Å². The molecule has 1 heterocycles. The molecule has 3 rings (SSSR count). The summed E-state index contributed by atoms with van der Waals surface area (Å²) in [5.41, 5.74) is 5.17. The first-order valence-electron chi connectivity index (χ1n) is 7.13. The van der Waals surface area contributed by atoms with E-state index >= 15 is 0 Å². The van der Waals surface area contributed by atoms with Gasteiger partial charge in [-0.3, -0.25) is 5.84 Å². The molecule has 1 aromatic heterocycles. The topological polar surface area (TPSA) is 51.2 Å². The maximum atomic E-state index is 5.98. The Bertz CT molecular complexity index is 575. The lowest BCUT2D eigenvalue weighted by atomic mass is 9.95. The molecule has 3 N–H and O–H groups in total. The fourth-order valence-electron chi connectivity index (χ4n) is 3.34. The fraction of sp³-hybridized carbons (Fsp3) is 0.500. The van der Waals surface area contributed by atoms with Crippen molar-refractivity contribution in [1.82, 2.24) is 5.43 Å². The second-order valence-electron chi connectivity index (χ2n) is 6.01. The van der Waals surface area contributed by atoms with Gasteiger partial charge in [0, 0.05) is 5.39 Å². The second kappa shape index (κ2) is 4.99. The summed E-state index contributed by atoms with van der Waals surface area (Å²) in [4.78, 5) is 0. The average molecular weight is 258 g/mol. The number of nitrogens with one attached hydrogen (secondary N) is 1. The summed E-state index contributed by atoms with van der Waals surface area (Å²) in [7, 11) is 0. The normalized spacial score (nSPS) is 25.0. The highest BCUT2D eigenvalue weighted by atomic mass is 16.3. The van der Waals surface area contributed by atoms with Gasteiger partial charge in [-0.25, -0.2) is 5.43 Å². The molecule has 0 aliphatic heterocycles. The van der Waals surface area contributed by atoms with Gasteiger partial charge in [0.1, 0.15) is 11.3 Å². The molecule has 0 radical (unpaired) electrons. The number of aryl methyl sites for hydroxylation is 1. The van der Waals surface area contributed by atoms with Crippen LogP contribution in [0.5, 0.6) is 0 Å². The van der Waals surface area contributed by atoms with Crippen LogP contribution in [0.1, 0.15) is 43.6 Å². The number of nitrogens with two attached hydrogens (primary N) is 1. The Morgan fingerprint density at radius 3 is 2.84 bits per heavy atom. The van der Waals surface area contributed by atoms with Gasteiger partial charge in [0.05, 0.1) is 6.04 Å². The molecule has 0 amide bonds. The molecule has 3 unspecified atom stereocenters. The van der Waals surface area contributed by atoms with Crippen molar-refractivity contribution in [2.45, 2.75) is 39.2 Å². The van der Waals surface area contributed by atoms with Crippen LogP contribution in [-0.4, -0.2) is 0 Å². The first-order chi connectivity index (χ1) is 9.17. The van der Waals surface area contributed by atoms with Crippen LogP contribution in [0.15, 0.2) is 28.7 Å². The summed E-state index contributed by atoms with van der Waals surface area (Å²) in [6, 6.07) is 8.55. The van der Waals surface area contributed by atoms with Crippen molar-refractivity contribution in [3.05, 3.63) is 35.6 Å². The molecule has 3 atom stereocenters. The van der Waals surface area contributed by atoms with Crippen molar-refractivity contribution < 1.29 is 4.42 Å². The molecule has 1 fully saturated rings. The Morgan fingerprint density at radius 2 is 2.16 bits per heavy atom. The molecule has 1 saturated carbocycles. The number of rotatable bonds is 3. The van der Waals surface area contributed by atoms with Gasteiger partial charge >= 0.3 is 0 Å². The van der Waals surface area contributed by atoms with Gasteiger partial charge in [0.25, 0.3) is 0 Å². The standard InChI is InChI=1S/C16H22N2O/c1-10-3-5-12(7-10)16(18-17)15-9-13-8-11(2)4-6-14(13)19-15/h4,6,8-10,12,16,18H,3,5,7,17H2,1-2H3. The van der Waals surface area contributed by atoms with E-state index in [1.807, 2.05) is 6.07 Å². The lowest BCUT2D eigenvalue weighted by Crippen LogP contribution is -2.32. The van der Waals surface area contributed by atoms with E-state index in [4.69, 9.17) is 10.3 Å². The van der Waals surface area contributed by atoms with E-state index in [1.54, 1.807) is 0 Å². The largest absolute Gasteiger partial charge is 0.459 e. The van der Waals surface area contributed by atoms with Gasteiger partial charge in [-0.15, -0.1) is 0 Å². The van der Waals surface area contributed by atoms with Crippen LogP contribution in [-0.2, 0) is 0 Å². The summed E-state index contributed by atoms with van der Waals surface area (Å²) < 4.78 is 5.98. The van der Waals surface area contributed by atoms with Crippen molar-refractivity contribution >= 4 is 11.0 Å². The fourth-order valence-corrected chi connectivity index (χ4v) is 3.34. The minimum absolute atomic E-state index is 0.137. The molecule has 19 heavy (non-hydrogen) atoms. The van der Waals surface area contributed by atoms with Gasteiger partial charge in [-0.05, 0) is 49.8 Å². The molecule has 1 aliphatic rings. The van der Waals surface area contributed by atoms with E-state index in [9.17, 15) is 0 Å². The zero-order valence-corrected chi connectivity index (χ0v) is 11.6. The number of benzene rings is 1. The summed E-state index contributed by atoms with van der Waals surface area (Å²) in [5.74, 6) is 8.13. The van der Waals surface area contributed by atoms with Crippen LogP contribution < -0.4 is 11.3 Å². The van der Waals surface area contributed by atoms with Crippen molar-refractivity contribution in [3.8, 4) is 0 Å². The summed E-state index contributed by atoms with van der Waals surface area (Å²) in [6.45, 7) is 4.42. The summed E-state index contributed by atoms with van der Waals surface area (Å²) in [5, 5.41) is 1.17. The average Bonchev–Trinajstić information content (AvgIpc) is 2.96. The lowest BCUT2D eigenvalue weighted by molar-refractivity contribution is 0.317. The van der Waals surface area contributed by atoms with Crippen molar-refractivity contribution in [3.63, 3.8) is 0 Å². The summed E-state index contributed by atoms with van der Waals surface area (Å²) in [6.07, 6.45) is 3.75. The molecule has 0 saturated heterocycles. The van der Waals surface area contributed by atoms with Gasteiger partial charge in [-0.1, -0.05) is 25.0 Å². The van der Waals surface area contributed by atoms with Gasteiger partial charge in [0.15, 0.2) is 0 Å². The Morgan fingerprint density at radius 1 is 1.32 bits per heavy atom. The summed E-state index contributed by atoms with van der Waals surface area (Å²) >= 11 is 0. The molecule has 1 aromatic carbocycles. The lowest BCUT2D eigenvalue weighted by Gasteiger charge is -2.20. The van der Waals surface area contributed by atoms with Crippen LogP contribution in [0.4, 0.5) is 0 Å². The SMILES string of the molecule is Cc1ccc2oc(C(NN)C3CCC(C)C3)cc2c1. The predicted molar refractivity (Wildman–Crippen MR) is 77.5 cm³/mol. The zero-order chi connectivity index (χ0) is 13.4. The van der Waals surface area contributed by atoms with E-state index < -0.39 is 0 Å². The molecular formula is C16H22N2O. The molecule has 102 valence electrons. The van der Waals surface area contributed by atoms with Crippen molar-refractivity contribution in [2.75, 3.05) is 0 Å². The monoisotopic (exact) mass is 258 g/mol. The first-order valence-corrected chi connectivity index (χ1v) is 7.13. The highest BCUT2D eigenvalue weighted by molar-refractivity contribution is 5.78. The van der Waals surface area contributed by atoms with E-state index in [2.05, 4.69) is 37.5 Å². The van der Waals surface area contributed by atoms with Crippen LogP contribution in [0.2, 0.25) is 0 Å². The Hall–Kier alpha value is -1.32.